The first-order valence-electron chi connectivity index (χ1n) is 6.63. The fraction of sp³-hybridized carbons (Fsp3) is 0.357. The van der Waals surface area contributed by atoms with Gasteiger partial charge in [0.15, 0.2) is 0 Å². The second-order valence-electron chi connectivity index (χ2n) is 4.70. The maximum Gasteiger partial charge on any atom is 0.328 e. The van der Waals surface area contributed by atoms with Crippen LogP contribution in [0.5, 0.6) is 5.75 Å². The number of rotatable bonds is 6. The van der Waals surface area contributed by atoms with Gasteiger partial charge in [0, 0.05) is 25.0 Å². The summed E-state index contributed by atoms with van der Waals surface area (Å²) in [6, 6.07) is 4.50. The number of benzene rings is 1. The standard InChI is InChI=1S/C14H17N3O4/c1-3-4-15-5-6-16(14(15)18)10-11-7-12(17(19)20)9-13(8-11)21-2/h5-9H,3-4,10H2,1-2H3. The zero-order valence-corrected chi connectivity index (χ0v) is 12.0. The Morgan fingerprint density at radius 3 is 2.57 bits per heavy atom. The van der Waals surface area contributed by atoms with Gasteiger partial charge in [-0.2, -0.15) is 0 Å². The lowest BCUT2D eigenvalue weighted by Crippen LogP contribution is -2.24. The lowest BCUT2D eigenvalue weighted by Gasteiger charge is -2.06. The molecule has 1 heterocycles. The topological polar surface area (TPSA) is 79.3 Å². The first kappa shape index (κ1) is 14.8. The molecule has 0 N–H and O–H groups in total. The molecule has 112 valence electrons. The van der Waals surface area contributed by atoms with Gasteiger partial charge in [0.1, 0.15) is 5.75 Å². The van der Waals surface area contributed by atoms with E-state index in [0.29, 0.717) is 17.9 Å². The molecule has 0 aliphatic carbocycles. The average Bonchev–Trinajstić information content (AvgIpc) is 2.80. The highest BCUT2D eigenvalue weighted by Crippen LogP contribution is 2.22. The number of nitro groups is 1. The highest BCUT2D eigenvalue weighted by molar-refractivity contribution is 5.42. The predicted octanol–water partition coefficient (Wildman–Crippen LogP) is 2.02. The normalized spacial score (nSPS) is 10.6. The number of aromatic nitrogens is 2. The quantitative estimate of drug-likeness (QED) is 0.602. The third-order valence-electron chi connectivity index (χ3n) is 3.13. The molecule has 0 spiro atoms. The molecular formula is C14H17N3O4. The summed E-state index contributed by atoms with van der Waals surface area (Å²) in [7, 11) is 1.45. The molecule has 2 aromatic rings. The Bertz CT molecular complexity index is 702. The predicted molar refractivity (Wildman–Crippen MR) is 77.7 cm³/mol. The molecule has 0 saturated heterocycles. The number of hydrogen-bond acceptors (Lipinski definition) is 4. The molecule has 0 atom stereocenters. The number of ether oxygens (including phenoxy) is 1. The first-order valence-corrected chi connectivity index (χ1v) is 6.63. The zero-order chi connectivity index (χ0) is 15.4. The van der Waals surface area contributed by atoms with Crippen molar-refractivity contribution in [2.45, 2.75) is 26.4 Å². The molecule has 0 aliphatic heterocycles. The van der Waals surface area contributed by atoms with Crippen molar-refractivity contribution in [1.82, 2.24) is 9.13 Å². The Morgan fingerprint density at radius 1 is 1.24 bits per heavy atom. The van der Waals surface area contributed by atoms with Gasteiger partial charge in [0.05, 0.1) is 24.6 Å². The van der Waals surface area contributed by atoms with Crippen molar-refractivity contribution < 1.29 is 9.66 Å². The number of imidazole rings is 1. The monoisotopic (exact) mass is 291 g/mol. The summed E-state index contributed by atoms with van der Waals surface area (Å²) in [6.45, 7) is 2.92. The zero-order valence-electron chi connectivity index (χ0n) is 12.0. The molecule has 2 rings (SSSR count). The van der Waals surface area contributed by atoms with Crippen LogP contribution in [0.3, 0.4) is 0 Å². The van der Waals surface area contributed by atoms with E-state index in [1.54, 1.807) is 23.0 Å². The number of hydrogen-bond donors (Lipinski definition) is 0. The van der Waals surface area contributed by atoms with E-state index in [1.807, 2.05) is 6.92 Å². The van der Waals surface area contributed by atoms with Crippen LogP contribution in [-0.2, 0) is 13.1 Å². The van der Waals surface area contributed by atoms with Gasteiger partial charge < -0.3 is 4.74 Å². The first-order chi connectivity index (χ1) is 10.0. The molecule has 0 fully saturated rings. The van der Waals surface area contributed by atoms with Crippen LogP contribution < -0.4 is 10.4 Å². The van der Waals surface area contributed by atoms with Gasteiger partial charge in [-0.1, -0.05) is 6.92 Å². The molecule has 1 aromatic heterocycles. The van der Waals surface area contributed by atoms with E-state index in [4.69, 9.17) is 4.74 Å². The average molecular weight is 291 g/mol. The largest absolute Gasteiger partial charge is 0.496 e. The Kier molecular flexibility index (Phi) is 4.42. The smallest absolute Gasteiger partial charge is 0.328 e. The minimum Gasteiger partial charge on any atom is -0.496 e. The van der Waals surface area contributed by atoms with Crippen molar-refractivity contribution in [3.63, 3.8) is 0 Å². The van der Waals surface area contributed by atoms with Crippen molar-refractivity contribution in [3.05, 3.63) is 56.8 Å². The number of aryl methyl sites for hydroxylation is 1. The van der Waals surface area contributed by atoms with Crippen molar-refractivity contribution in [2.75, 3.05) is 7.11 Å². The van der Waals surface area contributed by atoms with Crippen LogP contribution in [0.1, 0.15) is 18.9 Å². The van der Waals surface area contributed by atoms with E-state index in [0.717, 1.165) is 6.42 Å². The summed E-state index contributed by atoms with van der Waals surface area (Å²) in [5, 5.41) is 10.9. The van der Waals surface area contributed by atoms with Crippen LogP contribution in [-0.4, -0.2) is 21.2 Å². The molecule has 0 amide bonds. The van der Waals surface area contributed by atoms with E-state index in [9.17, 15) is 14.9 Å². The van der Waals surface area contributed by atoms with Crippen LogP contribution in [0.4, 0.5) is 5.69 Å². The van der Waals surface area contributed by atoms with E-state index < -0.39 is 4.92 Å². The van der Waals surface area contributed by atoms with E-state index in [2.05, 4.69) is 0 Å². The molecule has 0 aliphatic rings. The van der Waals surface area contributed by atoms with Crippen molar-refractivity contribution in [2.24, 2.45) is 0 Å². The van der Waals surface area contributed by atoms with Crippen LogP contribution in [0.25, 0.3) is 0 Å². The molecule has 0 radical (unpaired) electrons. The van der Waals surface area contributed by atoms with Crippen molar-refractivity contribution in [1.29, 1.82) is 0 Å². The summed E-state index contributed by atoms with van der Waals surface area (Å²) in [4.78, 5) is 22.5. The molecular weight excluding hydrogens is 274 g/mol. The van der Waals surface area contributed by atoms with Crippen LogP contribution >= 0.6 is 0 Å². The SMILES string of the molecule is CCCn1ccn(Cc2cc(OC)cc([N+](=O)[O-])c2)c1=O. The maximum absolute atomic E-state index is 12.1. The number of nitrogens with zero attached hydrogens (tertiary/aromatic N) is 3. The second-order valence-corrected chi connectivity index (χ2v) is 4.70. The van der Waals surface area contributed by atoms with Gasteiger partial charge in [-0.15, -0.1) is 0 Å². The van der Waals surface area contributed by atoms with Gasteiger partial charge in [-0.05, 0) is 18.1 Å². The maximum atomic E-state index is 12.1. The van der Waals surface area contributed by atoms with Crippen LogP contribution in [0.15, 0.2) is 35.4 Å². The highest BCUT2D eigenvalue weighted by Gasteiger charge is 2.11. The van der Waals surface area contributed by atoms with Gasteiger partial charge in [-0.3, -0.25) is 19.2 Å². The van der Waals surface area contributed by atoms with E-state index in [1.165, 1.54) is 23.8 Å². The van der Waals surface area contributed by atoms with Gasteiger partial charge >= 0.3 is 5.69 Å². The summed E-state index contributed by atoms with van der Waals surface area (Å²) < 4.78 is 8.20. The number of non-ortho nitro benzene ring substituents is 1. The molecule has 7 nitrogen and oxygen atoms in total. The Morgan fingerprint density at radius 2 is 1.95 bits per heavy atom. The molecule has 21 heavy (non-hydrogen) atoms. The third kappa shape index (κ3) is 3.31. The van der Waals surface area contributed by atoms with Crippen LogP contribution in [0.2, 0.25) is 0 Å². The molecule has 0 unspecified atom stereocenters. The highest BCUT2D eigenvalue weighted by atomic mass is 16.6. The van der Waals surface area contributed by atoms with Gasteiger partial charge in [-0.25, -0.2) is 4.79 Å². The fourth-order valence-corrected chi connectivity index (χ4v) is 2.14. The van der Waals surface area contributed by atoms with E-state index >= 15 is 0 Å². The summed E-state index contributed by atoms with van der Waals surface area (Å²) in [5.74, 6) is 0.403. The molecule has 7 heteroatoms. The second kappa shape index (κ2) is 6.25. The third-order valence-corrected chi connectivity index (χ3v) is 3.13. The lowest BCUT2D eigenvalue weighted by molar-refractivity contribution is -0.385. The van der Waals surface area contributed by atoms with Gasteiger partial charge in [0.2, 0.25) is 0 Å². The molecule has 0 saturated carbocycles. The fourth-order valence-electron chi connectivity index (χ4n) is 2.14. The minimum absolute atomic E-state index is 0.0506. The summed E-state index contributed by atoms with van der Waals surface area (Å²) >= 11 is 0. The van der Waals surface area contributed by atoms with E-state index in [-0.39, 0.29) is 17.9 Å². The Hall–Kier alpha value is -2.57. The summed E-state index contributed by atoms with van der Waals surface area (Å²) in [5.41, 5.74) is 0.477. The van der Waals surface area contributed by atoms with Gasteiger partial charge in [0.25, 0.3) is 5.69 Å². The number of methoxy groups -OCH3 is 1. The molecule has 0 bridgehead atoms. The summed E-state index contributed by atoms with van der Waals surface area (Å²) in [6.07, 6.45) is 4.28. The van der Waals surface area contributed by atoms with Crippen LogP contribution in [0, 0.1) is 10.1 Å². The van der Waals surface area contributed by atoms with Crippen molar-refractivity contribution >= 4 is 5.69 Å². The Balaban J connectivity index is 2.33. The number of nitro benzene ring substituents is 1. The lowest BCUT2D eigenvalue weighted by atomic mass is 10.2. The Labute approximate surface area is 121 Å². The van der Waals surface area contributed by atoms with Crippen molar-refractivity contribution in [3.8, 4) is 5.75 Å². The molecule has 1 aromatic carbocycles. The minimum atomic E-state index is -0.475.